The van der Waals surface area contributed by atoms with Gasteiger partial charge in [0.05, 0.1) is 5.41 Å². The first-order valence-electron chi connectivity index (χ1n) is 10.3. The van der Waals surface area contributed by atoms with Crippen LogP contribution < -0.4 is 0 Å². The zero-order valence-corrected chi connectivity index (χ0v) is 16.3. The monoisotopic (exact) mass is 363 g/mol. The van der Waals surface area contributed by atoms with Gasteiger partial charge in [-0.15, -0.1) is 0 Å². The number of ether oxygens (including phenoxy) is 1. The topological polar surface area (TPSA) is 53.1 Å². The molecule has 146 valence electrons. The fourth-order valence-corrected chi connectivity index (χ4v) is 6.40. The van der Waals surface area contributed by atoms with Gasteiger partial charge >= 0.3 is 0 Å². The Morgan fingerprint density at radius 2 is 1.69 bits per heavy atom. The Morgan fingerprint density at radius 1 is 1.00 bits per heavy atom. The van der Waals surface area contributed by atoms with E-state index in [-0.39, 0.29) is 23.3 Å². The van der Waals surface area contributed by atoms with E-state index in [1.54, 1.807) is 7.11 Å². The Hall–Kier alpha value is -1.14. The van der Waals surface area contributed by atoms with E-state index in [4.69, 9.17) is 4.74 Å². The first kappa shape index (κ1) is 18.2. The Bertz CT molecular complexity index is 567. The van der Waals surface area contributed by atoms with Gasteiger partial charge in [0.25, 0.3) is 0 Å². The summed E-state index contributed by atoms with van der Waals surface area (Å²) >= 11 is 0. The van der Waals surface area contributed by atoms with Gasteiger partial charge < -0.3 is 19.4 Å². The number of likely N-dealkylation sites (tertiary alicyclic amines) is 3. The molecule has 4 rings (SSSR count). The number of carbonyl (C=O) groups excluding carboxylic acids is 2. The normalized spacial score (nSPS) is 33.8. The minimum Gasteiger partial charge on any atom is -0.375 e. The van der Waals surface area contributed by atoms with Crippen molar-refractivity contribution < 1.29 is 14.3 Å². The van der Waals surface area contributed by atoms with Crippen molar-refractivity contribution in [1.29, 1.82) is 0 Å². The summed E-state index contributed by atoms with van der Waals surface area (Å²) in [4.78, 5) is 32.1. The van der Waals surface area contributed by atoms with E-state index in [0.29, 0.717) is 11.8 Å². The predicted molar refractivity (Wildman–Crippen MR) is 98.6 cm³/mol. The summed E-state index contributed by atoms with van der Waals surface area (Å²) in [6.45, 7) is 5.66. The molecule has 0 radical (unpaired) electrons. The van der Waals surface area contributed by atoms with Gasteiger partial charge in [-0.25, -0.2) is 0 Å². The molecule has 0 aromatic carbocycles. The van der Waals surface area contributed by atoms with Crippen LogP contribution in [0.3, 0.4) is 0 Å². The van der Waals surface area contributed by atoms with E-state index in [1.807, 2.05) is 4.90 Å². The van der Waals surface area contributed by atoms with Crippen LogP contribution in [0.15, 0.2) is 0 Å². The third-order valence-corrected chi connectivity index (χ3v) is 7.72. The molecule has 3 aliphatic heterocycles. The Labute approximate surface area is 156 Å². The molecule has 3 saturated heterocycles. The fourth-order valence-electron chi connectivity index (χ4n) is 6.40. The van der Waals surface area contributed by atoms with Crippen molar-refractivity contribution in [3.05, 3.63) is 0 Å². The predicted octanol–water partition coefficient (Wildman–Crippen LogP) is 1.21. The van der Waals surface area contributed by atoms with Crippen molar-refractivity contribution >= 4 is 11.8 Å². The highest BCUT2D eigenvalue weighted by molar-refractivity contribution is 5.85. The van der Waals surface area contributed by atoms with Crippen LogP contribution in [0.4, 0.5) is 0 Å². The van der Waals surface area contributed by atoms with Crippen LogP contribution in [0, 0.1) is 16.7 Å². The molecular weight excluding hydrogens is 330 g/mol. The van der Waals surface area contributed by atoms with Crippen molar-refractivity contribution in [3.8, 4) is 0 Å². The van der Waals surface area contributed by atoms with Gasteiger partial charge in [0.1, 0.15) is 6.61 Å². The van der Waals surface area contributed by atoms with Crippen molar-refractivity contribution in [3.63, 3.8) is 0 Å². The third-order valence-electron chi connectivity index (χ3n) is 7.72. The Morgan fingerprint density at radius 3 is 2.35 bits per heavy atom. The van der Waals surface area contributed by atoms with Gasteiger partial charge in [0.2, 0.25) is 11.8 Å². The molecule has 6 heteroatoms. The second kappa shape index (κ2) is 6.79. The third kappa shape index (κ3) is 2.76. The van der Waals surface area contributed by atoms with Crippen LogP contribution in [0.5, 0.6) is 0 Å². The Balaban J connectivity index is 1.51. The van der Waals surface area contributed by atoms with Crippen molar-refractivity contribution in [1.82, 2.24) is 14.7 Å². The average molecular weight is 364 g/mol. The maximum Gasteiger partial charge on any atom is 0.248 e. The first-order valence-corrected chi connectivity index (χ1v) is 10.3. The van der Waals surface area contributed by atoms with Crippen LogP contribution >= 0.6 is 0 Å². The molecule has 0 aromatic heterocycles. The van der Waals surface area contributed by atoms with E-state index in [1.165, 1.54) is 0 Å². The van der Waals surface area contributed by atoms with Gasteiger partial charge in [-0.2, -0.15) is 0 Å². The van der Waals surface area contributed by atoms with E-state index >= 15 is 0 Å². The number of piperidine rings is 1. The smallest absolute Gasteiger partial charge is 0.248 e. The molecule has 6 nitrogen and oxygen atoms in total. The molecule has 0 N–H and O–H groups in total. The molecule has 0 unspecified atom stereocenters. The van der Waals surface area contributed by atoms with Gasteiger partial charge in [-0.05, 0) is 56.9 Å². The number of rotatable bonds is 3. The van der Waals surface area contributed by atoms with Crippen LogP contribution in [-0.4, -0.2) is 86.5 Å². The van der Waals surface area contributed by atoms with Gasteiger partial charge in [0, 0.05) is 46.4 Å². The molecule has 26 heavy (non-hydrogen) atoms. The second-order valence-electron chi connectivity index (χ2n) is 9.08. The minimum atomic E-state index is -0.169. The second-order valence-corrected chi connectivity index (χ2v) is 9.08. The van der Waals surface area contributed by atoms with Crippen molar-refractivity contribution in [2.45, 2.75) is 38.5 Å². The molecule has 0 bridgehead atoms. The van der Waals surface area contributed by atoms with Crippen LogP contribution in [0.25, 0.3) is 0 Å². The zero-order valence-electron chi connectivity index (χ0n) is 16.3. The number of nitrogens with zero attached hydrogens (tertiary/aromatic N) is 3. The number of hydrogen-bond acceptors (Lipinski definition) is 4. The van der Waals surface area contributed by atoms with Gasteiger partial charge in [0.15, 0.2) is 0 Å². The summed E-state index contributed by atoms with van der Waals surface area (Å²) in [6, 6.07) is 0. The molecule has 2 atom stereocenters. The highest BCUT2D eigenvalue weighted by Gasteiger charge is 2.64. The molecular formula is C20H33N3O3. The zero-order chi connectivity index (χ0) is 18.4. The lowest BCUT2D eigenvalue weighted by Crippen LogP contribution is -2.50. The first-order chi connectivity index (χ1) is 12.5. The van der Waals surface area contributed by atoms with Crippen LogP contribution in [0.1, 0.15) is 38.5 Å². The highest BCUT2D eigenvalue weighted by atomic mass is 16.5. The minimum absolute atomic E-state index is 0.100. The summed E-state index contributed by atoms with van der Waals surface area (Å²) in [7, 11) is 3.75. The number of methoxy groups -OCH3 is 1. The summed E-state index contributed by atoms with van der Waals surface area (Å²) in [5.74, 6) is 0.982. The summed E-state index contributed by atoms with van der Waals surface area (Å²) in [6.07, 6.45) is 6.57. The van der Waals surface area contributed by atoms with Gasteiger partial charge in [-0.1, -0.05) is 0 Å². The van der Waals surface area contributed by atoms with E-state index in [2.05, 4.69) is 16.8 Å². The van der Waals surface area contributed by atoms with Crippen molar-refractivity contribution in [2.24, 2.45) is 16.7 Å². The highest BCUT2D eigenvalue weighted by Crippen LogP contribution is 2.62. The standard InChI is InChI=1S/C20H33N3O3/c1-21-13-16-19(7-11-22(12-8-19)17(24)14-26-2)5-6-20(16,15-21)18(25)23-9-3-4-10-23/h16H,3-15H2,1-2H3/t16-,20+/m0/s1. The van der Waals surface area contributed by atoms with Gasteiger partial charge in [-0.3, -0.25) is 9.59 Å². The van der Waals surface area contributed by atoms with Crippen LogP contribution in [-0.2, 0) is 14.3 Å². The largest absolute Gasteiger partial charge is 0.375 e. The molecule has 1 aliphatic carbocycles. The molecule has 3 heterocycles. The number of fused-ring (bicyclic) bond motifs is 2. The molecule has 4 fully saturated rings. The average Bonchev–Trinajstić information content (AvgIpc) is 3.33. The van der Waals surface area contributed by atoms with E-state index < -0.39 is 0 Å². The SMILES string of the molecule is COCC(=O)N1CCC2(CC1)CC[C@@]1(C(=O)N3CCCC3)CN(C)C[C@@H]21. The molecule has 1 spiro atoms. The number of carbonyl (C=O) groups is 2. The van der Waals surface area contributed by atoms with Crippen LogP contribution in [0.2, 0.25) is 0 Å². The quantitative estimate of drug-likeness (QED) is 0.756. The summed E-state index contributed by atoms with van der Waals surface area (Å²) in [5, 5.41) is 0. The van der Waals surface area contributed by atoms with Crippen molar-refractivity contribution in [2.75, 3.05) is 60.0 Å². The lowest BCUT2D eigenvalue weighted by atomic mass is 9.65. The number of hydrogen-bond donors (Lipinski definition) is 0. The lowest BCUT2D eigenvalue weighted by molar-refractivity contribution is -0.144. The molecule has 2 amide bonds. The molecule has 4 aliphatic rings. The fraction of sp³-hybridized carbons (Fsp3) is 0.900. The Kier molecular flexibility index (Phi) is 4.76. The van der Waals surface area contributed by atoms with E-state index in [0.717, 1.165) is 77.8 Å². The van der Waals surface area contributed by atoms with E-state index in [9.17, 15) is 9.59 Å². The lowest BCUT2D eigenvalue weighted by Gasteiger charge is -2.44. The number of amides is 2. The maximum absolute atomic E-state index is 13.5. The summed E-state index contributed by atoms with van der Waals surface area (Å²) < 4.78 is 5.01. The summed E-state index contributed by atoms with van der Waals surface area (Å²) in [5.41, 5.74) is 0.0712. The maximum atomic E-state index is 13.5. The molecule has 1 saturated carbocycles. The molecule has 0 aromatic rings.